The van der Waals surface area contributed by atoms with E-state index in [0.29, 0.717) is 24.7 Å². The van der Waals surface area contributed by atoms with Crippen molar-refractivity contribution in [2.45, 2.75) is 45.6 Å². The van der Waals surface area contributed by atoms with Crippen LogP contribution in [0.2, 0.25) is 0 Å². The number of benzene rings is 1. The molecule has 8 nitrogen and oxygen atoms in total. The molecule has 2 N–H and O–H groups in total. The smallest absolute Gasteiger partial charge is 0.239 e. The van der Waals surface area contributed by atoms with Gasteiger partial charge in [0.15, 0.2) is 5.82 Å². The van der Waals surface area contributed by atoms with Gasteiger partial charge in [-0.25, -0.2) is 0 Å². The van der Waals surface area contributed by atoms with Crippen molar-refractivity contribution < 1.29 is 14.1 Å². The lowest BCUT2D eigenvalue weighted by atomic mass is 9.89. The van der Waals surface area contributed by atoms with Crippen molar-refractivity contribution in [1.82, 2.24) is 20.3 Å². The van der Waals surface area contributed by atoms with Gasteiger partial charge in [0.05, 0.1) is 19.1 Å². The SMILES string of the molecule is Cc1cc(NC(=O)CN2CCN(CC(=O)N[C@@H](C)c3ccc4c(c3)CCCC4)CC2)no1. The van der Waals surface area contributed by atoms with Gasteiger partial charge >= 0.3 is 0 Å². The molecule has 1 aromatic carbocycles. The van der Waals surface area contributed by atoms with Gasteiger partial charge in [-0.3, -0.25) is 19.4 Å². The normalized spacial score (nSPS) is 18.1. The monoisotopic (exact) mass is 439 g/mol. The third-order valence-electron chi connectivity index (χ3n) is 6.34. The van der Waals surface area contributed by atoms with Gasteiger partial charge in [-0.1, -0.05) is 23.4 Å². The summed E-state index contributed by atoms with van der Waals surface area (Å²) in [6, 6.07) is 8.34. The predicted molar refractivity (Wildman–Crippen MR) is 122 cm³/mol. The number of anilines is 1. The maximum atomic E-state index is 12.6. The fourth-order valence-electron chi connectivity index (χ4n) is 4.51. The number of carbonyl (C=O) groups is 2. The Balaban J connectivity index is 1.18. The van der Waals surface area contributed by atoms with Crippen LogP contribution in [0.15, 0.2) is 28.8 Å². The lowest BCUT2D eigenvalue weighted by Crippen LogP contribution is -2.51. The van der Waals surface area contributed by atoms with Crippen molar-refractivity contribution in [1.29, 1.82) is 0 Å². The van der Waals surface area contributed by atoms with E-state index in [1.807, 2.05) is 0 Å². The number of hydrogen-bond donors (Lipinski definition) is 2. The molecule has 2 aromatic rings. The first-order chi connectivity index (χ1) is 15.5. The van der Waals surface area contributed by atoms with E-state index in [1.165, 1.54) is 36.0 Å². The van der Waals surface area contributed by atoms with E-state index in [4.69, 9.17) is 4.52 Å². The molecule has 2 aliphatic rings. The maximum Gasteiger partial charge on any atom is 0.239 e. The molecule has 172 valence electrons. The molecule has 0 unspecified atom stereocenters. The van der Waals surface area contributed by atoms with E-state index in [-0.39, 0.29) is 17.9 Å². The molecule has 0 spiro atoms. The zero-order valence-corrected chi connectivity index (χ0v) is 19.0. The number of carbonyl (C=O) groups excluding carboxylic acids is 2. The summed E-state index contributed by atoms with van der Waals surface area (Å²) in [4.78, 5) is 29.0. The molecule has 0 bridgehead atoms. The van der Waals surface area contributed by atoms with Crippen LogP contribution in [0.4, 0.5) is 5.82 Å². The van der Waals surface area contributed by atoms with Crippen molar-refractivity contribution in [2.75, 3.05) is 44.6 Å². The highest BCUT2D eigenvalue weighted by Crippen LogP contribution is 2.24. The molecule has 0 saturated carbocycles. The zero-order valence-electron chi connectivity index (χ0n) is 19.0. The Morgan fingerprint density at radius 3 is 2.31 bits per heavy atom. The van der Waals surface area contributed by atoms with Crippen LogP contribution in [0, 0.1) is 6.92 Å². The van der Waals surface area contributed by atoms with Gasteiger partial charge in [-0.05, 0) is 56.2 Å². The van der Waals surface area contributed by atoms with Crippen LogP contribution in [0.25, 0.3) is 0 Å². The van der Waals surface area contributed by atoms with Gasteiger partial charge in [0.25, 0.3) is 0 Å². The quantitative estimate of drug-likeness (QED) is 0.688. The Kier molecular flexibility index (Phi) is 7.22. The number of hydrogen-bond acceptors (Lipinski definition) is 6. The lowest BCUT2D eigenvalue weighted by Gasteiger charge is -2.34. The molecular formula is C24H33N5O3. The number of amides is 2. The zero-order chi connectivity index (χ0) is 22.5. The molecule has 1 saturated heterocycles. The first-order valence-electron chi connectivity index (χ1n) is 11.6. The molecule has 32 heavy (non-hydrogen) atoms. The molecule has 1 aliphatic carbocycles. The topological polar surface area (TPSA) is 90.7 Å². The second-order valence-corrected chi connectivity index (χ2v) is 8.95. The largest absolute Gasteiger partial charge is 0.360 e. The van der Waals surface area contributed by atoms with E-state index >= 15 is 0 Å². The fourth-order valence-corrected chi connectivity index (χ4v) is 4.51. The third-order valence-corrected chi connectivity index (χ3v) is 6.34. The van der Waals surface area contributed by atoms with E-state index in [9.17, 15) is 9.59 Å². The maximum absolute atomic E-state index is 12.6. The van der Waals surface area contributed by atoms with Crippen molar-refractivity contribution in [2.24, 2.45) is 0 Å². The van der Waals surface area contributed by atoms with Crippen LogP contribution < -0.4 is 10.6 Å². The summed E-state index contributed by atoms with van der Waals surface area (Å²) in [5.41, 5.74) is 4.08. The minimum absolute atomic E-state index is 0.000112. The number of piperazine rings is 1. The molecule has 2 heterocycles. The Labute approximate surface area is 189 Å². The van der Waals surface area contributed by atoms with Gasteiger partial charge in [-0.15, -0.1) is 0 Å². The summed E-state index contributed by atoms with van der Waals surface area (Å²) in [7, 11) is 0. The van der Waals surface area contributed by atoms with E-state index in [0.717, 1.165) is 32.6 Å². The Morgan fingerprint density at radius 2 is 1.66 bits per heavy atom. The number of rotatable bonds is 7. The van der Waals surface area contributed by atoms with Gasteiger partial charge < -0.3 is 15.2 Å². The Bertz CT molecular complexity index is 949. The fraction of sp³-hybridized carbons (Fsp3) is 0.542. The Hall–Kier alpha value is -2.71. The van der Waals surface area contributed by atoms with Crippen LogP contribution in [0.3, 0.4) is 0 Å². The Morgan fingerprint density at radius 1 is 1.00 bits per heavy atom. The molecular weight excluding hydrogens is 406 g/mol. The van der Waals surface area contributed by atoms with Crippen LogP contribution >= 0.6 is 0 Å². The summed E-state index contributed by atoms with van der Waals surface area (Å²) < 4.78 is 4.96. The predicted octanol–water partition coefficient (Wildman–Crippen LogP) is 2.30. The molecule has 4 rings (SSSR count). The summed E-state index contributed by atoms with van der Waals surface area (Å²) in [6.07, 6.45) is 4.84. The van der Waals surface area contributed by atoms with Gasteiger partial charge in [0, 0.05) is 32.2 Å². The van der Waals surface area contributed by atoms with Crippen molar-refractivity contribution in [3.05, 3.63) is 46.7 Å². The minimum atomic E-state index is -0.108. The molecule has 1 aromatic heterocycles. The van der Waals surface area contributed by atoms with Crippen molar-refractivity contribution in [3.63, 3.8) is 0 Å². The van der Waals surface area contributed by atoms with Crippen molar-refractivity contribution >= 4 is 17.6 Å². The summed E-state index contributed by atoms with van der Waals surface area (Å²) in [5.74, 6) is 1.04. The second-order valence-electron chi connectivity index (χ2n) is 8.95. The number of fused-ring (bicyclic) bond motifs is 1. The second kappa shape index (κ2) is 10.3. The average molecular weight is 440 g/mol. The number of nitrogens with one attached hydrogen (secondary N) is 2. The van der Waals surface area contributed by atoms with Crippen LogP contribution in [-0.2, 0) is 22.4 Å². The first-order valence-corrected chi connectivity index (χ1v) is 11.6. The standard InChI is InChI=1S/C24H33N5O3/c1-17-13-22(27-32-17)26-24(31)16-29-11-9-28(10-12-29)15-23(30)25-18(2)20-8-7-19-5-3-4-6-21(19)14-20/h7-8,13-14,18H,3-6,9-12,15-16H2,1-2H3,(H,25,30)(H,26,27,31)/t18-/m0/s1. The number of aromatic nitrogens is 1. The van der Waals surface area contributed by atoms with Gasteiger partial charge in [0.1, 0.15) is 5.76 Å². The van der Waals surface area contributed by atoms with Crippen LogP contribution in [0.1, 0.15) is 48.3 Å². The number of aryl methyl sites for hydroxylation is 3. The summed E-state index contributed by atoms with van der Waals surface area (Å²) in [5, 5.41) is 9.68. The molecule has 1 aliphatic heterocycles. The highest BCUT2D eigenvalue weighted by atomic mass is 16.5. The van der Waals surface area contributed by atoms with Crippen LogP contribution in [0.5, 0.6) is 0 Å². The third kappa shape index (κ3) is 5.95. The van der Waals surface area contributed by atoms with E-state index in [1.54, 1.807) is 13.0 Å². The summed E-state index contributed by atoms with van der Waals surface area (Å²) in [6.45, 7) is 7.54. The van der Waals surface area contributed by atoms with Gasteiger partial charge in [0.2, 0.25) is 11.8 Å². The molecule has 0 radical (unpaired) electrons. The highest BCUT2D eigenvalue weighted by Gasteiger charge is 2.22. The van der Waals surface area contributed by atoms with E-state index < -0.39 is 0 Å². The molecule has 1 fully saturated rings. The molecule has 1 atom stereocenters. The van der Waals surface area contributed by atoms with Crippen LogP contribution in [-0.4, -0.2) is 66.0 Å². The first kappa shape index (κ1) is 22.5. The molecule has 8 heteroatoms. The highest BCUT2D eigenvalue weighted by molar-refractivity contribution is 5.91. The average Bonchev–Trinajstić information content (AvgIpc) is 3.19. The molecule has 2 amide bonds. The number of nitrogens with zero attached hydrogens (tertiary/aromatic N) is 3. The van der Waals surface area contributed by atoms with Gasteiger partial charge in [-0.2, -0.15) is 0 Å². The minimum Gasteiger partial charge on any atom is -0.360 e. The van der Waals surface area contributed by atoms with Crippen molar-refractivity contribution in [3.8, 4) is 0 Å². The van der Waals surface area contributed by atoms with E-state index in [2.05, 4.69) is 50.7 Å². The summed E-state index contributed by atoms with van der Waals surface area (Å²) >= 11 is 0. The lowest BCUT2D eigenvalue weighted by molar-refractivity contribution is -0.124.